The van der Waals surface area contributed by atoms with Crippen LogP contribution in [-0.4, -0.2) is 38.7 Å². The van der Waals surface area contributed by atoms with Gasteiger partial charge in [-0.15, -0.1) is 0 Å². The number of likely N-dealkylation sites (N-methyl/N-ethyl adjacent to an activating group) is 1. The molecular weight excluding hydrogens is 218 g/mol. The fraction of sp³-hybridized carbons (Fsp3) is 0.462. The van der Waals surface area contributed by atoms with E-state index in [9.17, 15) is 4.79 Å². The maximum atomic E-state index is 11.9. The summed E-state index contributed by atoms with van der Waals surface area (Å²) in [6.07, 6.45) is 0. The Hall–Kier alpha value is -1.55. The fourth-order valence-corrected chi connectivity index (χ4v) is 1.68. The fourth-order valence-electron chi connectivity index (χ4n) is 1.68. The maximum Gasteiger partial charge on any atom is 0.327 e. The lowest BCUT2D eigenvalue weighted by atomic mass is 10.1. The van der Waals surface area contributed by atoms with Crippen molar-refractivity contribution in [2.45, 2.75) is 13.0 Å². The third-order valence-electron chi connectivity index (χ3n) is 2.44. The van der Waals surface area contributed by atoms with Gasteiger partial charge < -0.3 is 9.47 Å². The van der Waals surface area contributed by atoms with E-state index in [4.69, 9.17) is 9.47 Å². The first-order valence-corrected chi connectivity index (χ1v) is 5.57. The van der Waals surface area contributed by atoms with Crippen molar-refractivity contribution >= 4 is 5.97 Å². The van der Waals surface area contributed by atoms with Crippen LogP contribution in [0.3, 0.4) is 0 Å². The van der Waals surface area contributed by atoms with Gasteiger partial charge in [-0.05, 0) is 38.7 Å². The van der Waals surface area contributed by atoms with E-state index in [0.717, 1.165) is 11.3 Å². The van der Waals surface area contributed by atoms with Crippen LogP contribution in [0.4, 0.5) is 0 Å². The van der Waals surface area contributed by atoms with Gasteiger partial charge in [-0.2, -0.15) is 0 Å². The SMILES string of the molecule is CCOC(=O)C(c1cccc(OC)c1)N(C)C. The second kappa shape index (κ2) is 6.25. The van der Waals surface area contributed by atoms with Crippen LogP contribution in [0, 0.1) is 0 Å². The topological polar surface area (TPSA) is 38.8 Å². The van der Waals surface area contributed by atoms with Crippen LogP contribution in [-0.2, 0) is 9.53 Å². The van der Waals surface area contributed by atoms with Crippen LogP contribution < -0.4 is 4.74 Å². The van der Waals surface area contributed by atoms with Crippen molar-refractivity contribution in [2.75, 3.05) is 27.8 Å². The zero-order chi connectivity index (χ0) is 12.8. The zero-order valence-corrected chi connectivity index (χ0v) is 10.8. The molecular formula is C13H19NO3. The minimum atomic E-state index is -0.398. The van der Waals surface area contributed by atoms with Gasteiger partial charge in [0, 0.05) is 0 Å². The summed E-state index contributed by atoms with van der Waals surface area (Å²) in [4.78, 5) is 13.7. The number of methoxy groups -OCH3 is 1. The number of carbonyl (C=O) groups is 1. The Morgan fingerprint density at radius 3 is 2.65 bits per heavy atom. The highest BCUT2D eigenvalue weighted by Crippen LogP contribution is 2.23. The van der Waals surface area contributed by atoms with Crippen molar-refractivity contribution in [3.05, 3.63) is 29.8 Å². The van der Waals surface area contributed by atoms with E-state index in [0.29, 0.717) is 6.61 Å². The van der Waals surface area contributed by atoms with Gasteiger partial charge in [0.25, 0.3) is 0 Å². The minimum absolute atomic E-state index is 0.245. The molecule has 0 aliphatic heterocycles. The number of hydrogen-bond acceptors (Lipinski definition) is 4. The van der Waals surface area contributed by atoms with E-state index in [1.165, 1.54) is 0 Å². The first-order valence-electron chi connectivity index (χ1n) is 5.57. The molecule has 0 bridgehead atoms. The number of ether oxygens (including phenoxy) is 2. The van der Waals surface area contributed by atoms with Crippen LogP contribution in [0.2, 0.25) is 0 Å². The number of carbonyl (C=O) groups excluding carboxylic acids is 1. The van der Waals surface area contributed by atoms with Crippen LogP contribution in [0.5, 0.6) is 5.75 Å². The van der Waals surface area contributed by atoms with Crippen molar-refractivity contribution in [1.82, 2.24) is 4.90 Å². The molecule has 1 aromatic rings. The molecule has 0 aliphatic carbocycles. The summed E-state index contributed by atoms with van der Waals surface area (Å²) in [6, 6.07) is 7.06. The van der Waals surface area contributed by atoms with Gasteiger partial charge in [-0.3, -0.25) is 4.90 Å². The van der Waals surface area contributed by atoms with Crippen LogP contribution >= 0.6 is 0 Å². The Kier molecular flexibility index (Phi) is 4.97. The highest BCUT2D eigenvalue weighted by atomic mass is 16.5. The molecule has 4 heteroatoms. The van der Waals surface area contributed by atoms with Gasteiger partial charge in [0.15, 0.2) is 0 Å². The Labute approximate surface area is 102 Å². The molecule has 0 heterocycles. The van der Waals surface area contributed by atoms with Crippen LogP contribution in [0.15, 0.2) is 24.3 Å². The molecule has 0 saturated heterocycles. The summed E-state index contributed by atoms with van der Waals surface area (Å²) in [7, 11) is 5.30. The molecule has 0 N–H and O–H groups in total. The van der Waals surface area contributed by atoms with Crippen molar-refractivity contribution in [3.63, 3.8) is 0 Å². The summed E-state index contributed by atoms with van der Waals surface area (Å²) in [5.74, 6) is 0.490. The lowest BCUT2D eigenvalue weighted by molar-refractivity contribution is -0.148. The first kappa shape index (κ1) is 13.5. The van der Waals surface area contributed by atoms with E-state index < -0.39 is 6.04 Å². The van der Waals surface area contributed by atoms with Crippen molar-refractivity contribution in [1.29, 1.82) is 0 Å². The van der Waals surface area contributed by atoms with Gasteiger partial charge in [0.05, 0.1) is 13.7 Å². The monoisotopic (exact) mass is 237 g/mol. The van der Waals surface area contributed by atoms with Gasteiger partial charge in [-0.25, -0.2) is 4.79 Å². The normalized spacial score (nSPS) is 12.3. The Morgan fingerprint density at radius 2 is 2.12 bits per heavy atom. The molecule has 94 valence electrons. The van der Waals surface area contributed by atoms with Crippen molar-refractivity contribution < 1.29 is 14.3 Å². The summed E-state index contributed by atoms with van der Waals surface area (Å²) >= 11 is 0. The molecule has 0 amide bonds. The Balaban J connectivity index is 3.00. The molecule has 1 atom stereocenters. The molecule has 0 radical (unpaired) electrons. The van der Waals surface area contributed by atoms with E-state index in [1.54, 1.807) is 14.0 Å². The highest BCUT2D eigenvalue weighted by Gasteiger charge is 2.24. The third-order valence-corrected chi connectivity index (χ3v) is 2.44. The lowest BCUT2D eigenvalue weighted by Crippen LogP contribution is -2.29. The molecule has 4 nitrogen and oxygen atoms in total. The predicted molar refractivity (Wildman–Crippen MR) is 66.1 cm³/mol. The predicted octanol–water partition coefficient (Wildman–Crippen LogP) is 1.86. The van der Waals surface area contributed by atoms with Crippen molar-refractivity contribution in [3.8, 4) is 5.75 Å². The molecule has 1 aromatic carbocycles. The molecule has 0 saturated carbocycles. The largest absolute Gasteiger partial charge is 0.497 e. The second-order valence-electron chi connectivity index (χ2n) is 3.89. The molecule has 1 rings (SSSR count). The summed E-state index contributed by atoms with van der Waals surface area (Å²) < 4.78 is 10.2. The molecule has 0 fully saturated rings. The van der Waals surface area contributed by atoms with E-state index in [-0.39, 0.29) is 5.97 Å². The Bertz CT molecular complexity index is 377. The van der Waals surface area contributed by atoms with Gasteiger partial charge in [0.1, 0.15) is 11.8 Å². The minimum Gasteiger partial charge on any atom is -0.497 e. The summed E-state index contributed by atoms with van der Waals surface area (Å²) in [6.45, 7) is 2.18. The molecule has 0 aliphatic rings. The van der Waals surface area contributed by atoms with E-state index in [1.807, 2.05) is 43.3 Å². The van der Waals surface area contributed by atoms with Gasteiger partial charge in [0.2, 0.25) is 0 Å². The van der Waals surface area contributed by atoms with Gasteiger partial charge in [-0.1, -0.05) is 12.1 Å². The lowest BCUT2D eigenvalue weighted by Gasteiger charge is -2.23. The highest BCUT2D eigenvalue weighted by molar-refractivity contribution is 5.77. The number of esters is 1. The second-order valence-corrected chi connectivity index (χ2v) is 3.89. The summed E-state index contributed by atoms with van der Waals surface area (Å²) in [5, 5.41) is 0. The molecule has 0 aromatic heterocycles. The molecule has 1 unspecified atom stereocenters. The number of hydrogen-bond donors (Lipinski definition) is 0. The zero-order valence-electron chi connectivity index (χ0n) is 10.8. The van der Waals surface area contributed by atoms with Crippen LogP contribution in [0.1, 0.15) is 18.5 Å². The standard InChI is InChI=1S/C13H19NO3/c1-5-17-13(15)12(14(2)3)10-7-6-8-11(9-10)16-4/h6-9,12H,5H2,1-4H3. The van der Waals surface area contributed by atoms with E-state index >= 15 is 0 Å². The average molecular weight is 237 g/mol. The molecule has 0 spiro atoms. The van der Waals surface area contributed by atoms with Crippen LogP contribution in [0.25, 0.3) is 0 Å². The smallest absolute Gasteiger partial charge is 0.327 e. The quantitative estimate of drug-likeness (QED) is 0.733. The Morgan fingerprint density at radius 1 is 1.41 bits per heavy atom. The van der Waals surface area contributed by atoms with Crippen molar-refractivity contribution in [2.24, 2.45) is 0 Å². The maximum absolute atomic E-state index is 11.9. The number of nitrogens with zero attached hydrogens (tertiary/aromatic N) is 1. The third kappa shape index (κ3) is 3.46. The number of benzene rings is 1. The van der Waals surface area contributed by atoms with E-state index in [2.05, 4.69) is 0 Å². The summed E-state index contributed by atoms with van der Waals surface area (Å²) in [5.41, 5.74) is 0.868. The number of rotatable bonds is 5. The first-order chi connectivity index (χ1) is 8.10. The van der Waals surface area contributed by atoms with Gasteiger partial charge >= 0.3 is 5.97 Å². The average Bonchev–Trinajstić information content (AvgIpc) is 2.29. The molecule has 17 heavy (non-hydrogen) atoms.